The molecule has 0 aliphatic rings. The molecule has 0 aliphatic heterocycles. The Kier molecular flexibility index (Phi) is 16.8. The number of fused-ring (bicyclic) bond motifs is 26. The first-order chi connectivity index (χ1) is 65.4. The van der Waals surface area contributed by atoms with Crippen molar-refractivity contribution in [2.75, 3.05) is 0 Å². The van der Waals surface area contributed by atoms with E-state index in [4.69, 9.17) is 38.7 Å². The van der Waals surface area contributed by atoms with Gasteiger partial charge in [-0.15, -0.1) is 0 Å². The van der Waals surface area contributed by atoms with E-state index >= 15 is 0 Å². The van der Waals surface area contributed by atoms with Gasteiger partial charge in [0.2, 0.25) is 0 Å². The number of hydrogen-bond donors (Lipinski definition) is 0. The van der Waals surface area contributed by atoms with Gasteiger partial charge in [0, 0.05) is 110 Å². The highest BCUT2D eigenvalue weighted by atomic mass is 16.3. The number of benzene rings is 20. The van der Waals surface area contributed by atoms with Crippen molar-refractivity contribution in [3.63, 3.8) is 0 Å². The molecule has 0 bridgehead atoms. The average molecular weight is 1690 g/mol. The van der Waals surface area contributed by atoms with Gasteiger partial charge in [0.25, 0.3) is 0 Å². The molecule has 0 saturated heterocycles. The lowest BCUT2D eigenvalue weighted by Gasteiger charge is -2.15. The third-order valence-electron chi connectivity index (χ3n) is 26.5. The summed E-state index contributed by atoms with van der Waals surface area (Å²) in [6.45, 7) is 0. The van der Waals surface area contributed by atoms with Crippen LogP contribution in [-0.2, 0) is 0 Å². The molecule has 28 aromatic rings. The van der Waals surface area contributed by atoms with Crippen LogP contribution >= 0.6 is 0 Å². The minimum atomic E-state index is 0.630. The third-order valence-corrected chi connectivity index (χ3v) is 26.5. The summed E-state index contributed by atoms with van der Waals surface area (Å²) >= 11 is 0. The summed E-state index contributed by atoms with van der Waals surface area (Å²) in [6, 6.07) is 154. The molecule has 0 radical (unpaired) electrons. The number of hydrogen-bond acceptors (Lipinski definition) is 8. The van der Waals surface area contributed by atoms with E-state index in [1.807, 2.05) is 109 Å². The molecule has 0 fully saturated rings. The predicted molar refractivity (Wildman–Crippen MR) is 542 cm³/mol. The molecule has 0 N–H and O–H groups in total. The van der Waals surface area contributed by atoms with Gasteiger partial charge in [0.05, 0.1) is 54.9 Å². The second kappa shape index (κ2) is 29.8. The molecule has 28 rings (SSSR count). The highest BCUT2D eigenvalue weighted by Crippen LogP contribution is 2.47. The number of rotatable bonds is 11. The zero-order valence-corrected chi connectivity index (χ0v) is 70.9. The monoisotopic (exact) mass is 1680 g/mol. The van der Waals surface area contributed by atoms with Crippen molar-refractivity contribution >= 4 is 163 Å². The van der Waals surface area contributed by atoms with Gasteiger partial charge in [-0.25, -0.2) is 29.9 Å². The Balaban J connectivity index is 0.000000136. The largest absolute Gasteiger partial charge is 0.455 e. The molecule has 8 heterocycles. The molecule has 132 heavy (non-hydrogen) atoms. The molecule has 12 nitrogen and oxygen atoms in total. The van der Waals surface area contributed by atoms with Crippen LogP contribution < -0.4 is 0 Å². The van der Waals surface area contributed by atoms with E-state index in [1.165, 1.54) is 53.9 Å². The second-order valence-electron chi connectivity index (χ2n) is 33.9. The van der Waals surface area contributed by atoms with Crippen LogP contribution in [0.25, 0.3) is 266 Å². The standard InChI is InChI=1S/C63H37N5O.C57H35N5O/c1-3-15-38(16-4-1)61-64-62(39-17-5-2-6-18-39)66-63(65-61)40-27-30-45-43-19-7-8-20-44(43)46-31-28-41(36-52(46)51(45)35-40)67-54-24-12-9-21-47(54)53-37-42(29-33-56(53)67)68-55-25-13-10-23-50(55)59-57(68)34-32-49-48-22-11-14-26-58(48)69-60(49)59;1-3-13-38(14-4-1)55-58-56(39-15-5-2-6-16-39)60-57(59-55)40-25-23-36(24-26-40)37-27-29-41(30-28-37)61-48-20-10-7-17-43(48)47-35-42(31-33-50(47)61)62-49-21-11-8-19-46(49)53-51(62)34-32-45-44-18-9-12-22-52(44)63-54(45)53/h1-37H;1-35H. The van der Waals surface area contributed by atoms with Crippen LogP contribution in [0.4, 0.5) is 0 Å². The maximum atomic E-state index is 6.63. The van der Waals surface area contributed by atoms with Crippen LogP contribution in [0.3, 0.4) is 0 Å². The van der Waals surface area contributed by atoms with Crippen LogP contribution in [0.1, 0.15) is 0 Å². The van der Waals surface area contributed by atoms with Gasteiger partial charge in [0.15, 0.2) is 34.9 Å². The van der Waals surface area contributed by atoms with Crippen LogP contribution in [-0.4, -0.2) is 48.2 Å². The number of nitrogens with zero attached hydrogens (tertiary/aromatic N) is 10. The Morgan fingerprint density at radius 1 is 0.144 bits per heavy atom. The highest BCUT2D eigenvalue weighted by molar-refractivity contribution is 6.28. The molecule has 0 aliphatic carbocycles. The summed E-state index contributed by atoms with van der Waals surface area (Å²) in [6.07, 6.45) is 0. The first-order valence-electron chi connectivity index (χ1n) is 44.5. The van der Waals surface area contributed by atoms with Crippen molar-refractivity contribution in [2.45, 2.75) is 0 Å². The molecular weight excluding hydrogens is 1610 g/mol. The molecule has 20 aromatic carbocycles. The third kappa shape index (κ3) is 11.9. The SMILES string of the molecule is c1ccc(-c2nc(-c3ccccc3)nc(-c3ccc(-c4ccc(-n5c6ccccc6c6cc(-n7c8ccccc8c8c9oc%10ccccc%10c9ccc87)ccc65)cc4)cc3)n2)cc1.c1ccc(-c2nc(-c3ccccc3)nc(-c3ccc4c5ccccc5c5ccc(-n6c7ccccc7c7cc(-n8c9ccccc9c9c%10oc%11ccccc%11c%10ccc98)ccc76)cc5c4c3)n2)cc1. The van der Waals surface area contributed by atoms with Crippen molar-refractivity contribution in [3.05, 3.63) is 437 Å². The van der Waals surface area contributed by atoms with Gasteiger partial charge in [-0.2, -0.15) is 0 Å². The molecule has 0 atom stereocenters. The Hall–Kier alpha value is -18.0. The van der Waals surface area contributed by atoms with Gasteiger partial charge in [-0.1, -0.05) is 309 Å². The highest BCUT2D eigenvalue weighted by Gasteiger charge is 2.26. The van der Waals surface area contributed by atoms with Gasteiger partial charge in [-0.05, 0) is 171 Å². The van der Waals surface area contributed by atoms with Crippen LogP contribution in [0.2, 0.25) is 0 Å². The molecular formula is C120H72N10O2. The summed E-state index contributed by atoms with van der Waals surface area (Å²) in [5.41, 5.74) is 25.1. The number of furan rings is 2. The van der Waals surface area contributed by atoms with Gasteiger partial charge < -0.3 is 27.1 Å². The summed E-state index contributed by atoms with van der Waals surface area (Å²) in [5.74, 6) is 3.85. The molecule has 614 valence electrons. The average Bonchev–Trinajstić information content (AvgIpc) is 1.53. The summed E-state index contributed by atoms with van der Waals surface area (Å²) in [4.78, 5) is 29.9. The van der Waals surface area contributed by atoms with Crippen molar-refractivity contribution in [2.24, 2.45) is 0 Å². The minimum absolute atomic E-state index is 0.630. The van der Waals surface area contributed by atoms with Gasteiger partial charge in [-0.3, -0.25) is 0 Å². The zero-order chi connectivity index (χ0) is 86.6. The van der Waals surface area contributed by atoms with E-state index in [9.17, 15) is 0 Å². The van der Waals surface area contributed by atoms with Crippen molar-refractivity contribution < 1.29 is 8.83 Å². The van der Waals surface area contributed by atoms with E-state index in [0.717, 1.165) is 177 Å². The Morgan fingerprint density at radius 3 is 0.818 bits per heavy atom. The van der Waals surface area contributed by atoms with Gasteiger partial charge >= 0.3 is 0 Å². The normalized spacial score (nSPS) is 11.9. The number of para-hydroxylation sites is 6. The van der Waals surface area contributed by atoms with Crippen LogP contribution in [0.5, 0.6) is 0 Å². The topological polar surface area (TPSA) is 123 Å². The molecule has 0 unspecified atom stereocenters. The molecule has 0 saturated carbocycles. The maximum Gasteiger partial charge on any atom is 0.164 e. The van der Waals surface area contributed by atoms with Gasteiger partial charge in [0.1, 0.15) is 22.3 Å². The van der Waals surface area contributed by atoms with E-state index in [1.54, 1.807) is 0 Å². The Morgan fingerprint density at radius 2 is 0.394 bits per heavy atom. The fourth-order valence-corrected chi connectivity index (χ4v) is 20.5. The number of aromatic nitrogens is 10. The minimum Gasteiger partial charge on any atom is -0.455 e. The molecule has 12 heteroatoms. The summed E-state index contributed by atoms with van der Waals surface area (Å²) in [7, 11) is 0. The first kappa shape index (κ1) is 74.3. The van der Waals surface area contributed by atoms with Crippen molar-refractivity contribution in [1.82, 2.24) is 48.2 Å². The van der Waals surface area contributed by atoms with Crippen LogP contribution in [0, 0.1) is 0 Å². The smallest absolute Gasteiger partial charge is 0.164 e. The molecule has 0 spiro atoms. The molecule has 0 amide bonds. The lowest BCUT2D eigenvalue weighted by atomic mass is 9.93. The van der Waals surface area contributed by atoms with E-state index in [-0.39, 0.29) is 0 Å². The summed E-state index contributed by atoms with van der Waals surface area (Å²) in [5, 5.41) is 21.0. The fourth-order valence-electron chi connectivity index (χ4n) is 20.5. The first-order valence-corrected chi connectivity index (χ1v) is 44.5. The summed E-state index contributed by atoms with van der Waals surface area (Å²) < 4.78 is 22.8. The second-order valence-corrected chi connectivity index (χ2v) is 33.9. The lowest BCUT2D eigenvalue weighted by molar-refractivity contribution is 0.672. The Labute approximate surface area is 754 Å². The predicted octanol–water partition coefficient (Wildman–Crippen LogP) is 31.1. The zero-order valence-electron chi connectivity index (χ0n) is 70.9. The quantitative estimate of drug-likeness (QED) is 0.117. The van der Waals surface area contributed by atoms with E-state index in [2.05, 4.69) is 346 Å². The van der Waals surface area contributed by atoms with E-state index in [0.29, 0.717) is 34.9 Å². The fraction of sp³-hybridized carbons (Fsp3) is 0. The maximum absolute atomic E-state index is 6.63. The van der Waals surface area contributed by atoms with Crippen molar-refractivity contribution in [1.29, 1.82) is 0 Å². The van der Waals surface area contributed by atoms with E-state index < -0.39 is 0 Å². The molecule has 8 aromatic heterocycles. The lowest BCUT2D eigenvalue weighted by Crippen LogP contribution is -2.00. The van der Waals surface area contributed by atoms with Crippen molar-refractivity contribution in [3.8, 4) is 102 Å². The van der Waals surface area contributed by atoms with Crippen LogP contribution in [0.15, 0.2) is 446 Å². The Bertz CT molecular complexity index is 9470.